The molecule has 7 nitrogen and oxygen atoms in total. The summed E-state index contributed by atoms with van der Waals surface area (Å²) < 4.78 is 28.5. The monoisotopic (exact) mass is 424 g/mol. The van der Waals surface area contributed by atoms with Gasteiger partial charge in [-0.15, -0.1) is 0 Å². The van der Waals surface area contributed by atoms with E-state index >= 15 is 0 Å². The van der Waals surface area contributed by atoms with Crippen LogP contribution in [-0.2, 0) is 14.8 Å². The van der Waals surface area contributed by atoms with Crippen molar-refractivity contribution in [1.29, 1.82) is 0 Å². The number of carbonyl (C=O) groups is 1. The third-order valence-corrected chi connectivity index (χ3v) is 6.57. The van der Waals surface area contributed by atoms with Gasteiger partial charge in [-0.1, -0.05) is 42.5 Å². The normalized spacial score (nSPS) is 20.5. The van der Waals surface area contributed by atoms with E-state index in [1.165, 1.54) is 24.1 Å². The number of methoxy groups -OCH3 is 1. The number of hydrogen-bond acceptors (Lipinski definition) is 5. The highest BCUT2D eigenvalue weighted by atomic mass is 35.5. The fraction of sp³-hybridized carbons (Fsp3) is 0.316. The zero-order chi connectivity index (χ0) is 20.7. The van der Waals surface area contributed by atoms with Crippen molar-refractivity contribution < 1.29 is 23.2 Å². The molecule has 2 aromatic rings. The second-order valence-corrected chi connectivity index (χ2v) is 9.37. The average Bonchev–Trinajstić information content (AvgIpc) is 3.24. The predicted octanol–water partition coefficient (Wildman–Crippen LogP) is 3.39. The first-order valence-electron chi connectivity index (χ1n) is 8.52. The fourth-order valence-electron chi connectivity index (χ4n) is 3.64. The highest BCUT2D eigenvalue weighted by molar-refractivity contribution is 7.89. The Kier molecular flexibility index (Phi) is 5.42. The van der Waals surface area contributed by atoms with Gasteiger partial charge in [-0.2, -0.15) is 0 Å². The minimum Gasteiger partial charge on any atom is -0.495 e. The Morgan fingerprint density at radius 1 is 1.18 bits per heavy atom. The summed E-state index contributed by atoms with van der Waals surface area (Å²) in [6.45, 7) is 3.97. The molecule has 3 N–H and O–H groups in total. The van der Waals surface area contributed by atoms with E-state index in [9.17, 15) is 13.2 Å². The Hall–Kier alpha value is -2.13. The summed E-state index contributed by atoms with van der Waals surface area (Å²) in [5.41, 5.74) is 1.04. The maximum atomic E-state index is 12.9. The maximum Gasteiger partial charge on any atom is 0.262 e. The van der Waals surface area contributed by atoms with Gasteiger partial charge in [-0.25, -0.2) is 8.42 Å². The first-order valence-corrected chi connectivity index (χ1v) is 10.4. The molecule has 2 aromatic carbocycles. The van der Waals surface area contributed by atoms with Crippen molar-refractivity contribution in [2.24, 2.45) is 11.3 Å². The summed E-state index contributed by atoms with van der Waals surface area (Å²) in [5, 5.41) is 12.1. The molecule has 1 aliphatic carbocycles. The minimum atomic E-state index is -3.93. The van der Waals surface area contributed by atoms with E-state index in [-0.39, 0.29) is 28.1 Å². The topological polar surface area (TPSA) is 105 Å². The highest BCUT2D eigenvalue weighted by Gasteiger charge is 2.62. The molecule has 0 bridgehead atoms. The van der Waals surface area contributed by atoms with E-state index in [2.05, 4.69) is 5.32 Å². The van der Waals surface area contributed by atoms with E-state index in [4.69, 9.17) is 21.5 Å². The number of carbonyl (C=O) groups excluding carboxylic acids is 1. The van der Waals surface area contributed by atoms with Gasteiger partial charge < -0.3 is 15.3 Å². The van der Waals surface area contributed by atoms with Crippen LogP contribution in [0.5, 0.6) is 5.75 Å². The van der Waals surface area contributed by atoms with Gasteiger partial charge in [0, 0.05) is 10.9 Å². The molecule has 0 heterocycles. The molecule has 0 spiro atoms. The largest absolute Gasteiger partial charge is 0.495 e. The Balaban J connectivity index is 1.81. The predicted molar refractivity (Wildman–Crippen MR) is 105 cm³/mol. The molecule has 9 heteroatoms. The second-order valence-electron chi connectivity index (χ2n) is 7.27. The molecule has 3 rings (SSSR count). The number of amides is 1. The molecule has 2 atom stereocenters. The number of sulfonamides is 1. The number of ether oxygens (including phenoxy) is 1. The first-order chi connectivity index (χ1) is 13.1. The lowest BCUT2D eigenvalue weighted by molar-refractivity contribution is -0.118. The molecular weight excluding hydrogens is 404 g/mol. The van der Waals surface area contributed by atoms with Crippen LogP contribution in [-0.4, -0.2) is 26.6 Å². The van der Waals surface area contributed by atoms with Gasteiger partial charge in [-0.3, -0.25) is 4.79 Å². The van der Waals surface area contributed by atoms with E-state index in [1.54, 1.807) is 30.3 Å². The van der Waals surface area contributed by atoms with E-state index in [1.807, 2.05) is 13.8 Å². The van der Waals surface area contributed by atoms with Crippen molar-refractivity contribution in [1.82, 2.24) is 4.89 Å². The smallest absolute Gasteiger partial charge is 0.262 e. The van der Waals surface area contributed by atoms with Crippen molar-refractivity contribution >= 4 is 33.2 Å². The molecule has 0 aromatic heterocycles. The third kappa shape index (κ3) is 3.73. The van der Waals surface area contributed by atoms with Gasteiger partial charge in [0.1, 0.15) is 5.75 Å². The summed E-state index contributed by atoms with van der Waals surface area (Å²) in [7, 11) is -2.42. The quantitative estimate of drug-likeness (QED) is 0.616. The zero-order valence-electron chi connectivity index (χ0n) is 15.6. The van der Waals surface area contributed by atoms with Crippen LogP contribution in [0.15, 0.2) is 47.4 Å². The lowest BCUT2D eigenvalue weighted by Gasteiger charge is -2.11. The van der Waals surface area contributed by atoms with Gasteiger partial charge in [0.25, 0.3) is 10.0 Å². The van der Waals surface area contributed by atoms with Crippen LogP contribution in [0.25, 0.3) is 0 Å². The third-order valence-electron chi connectivity index (χ3n) is 5.20. The molecule has 0 saturated heterocycles. The molecule has 1 aliphatic rings. The average molecular weight is 425 g/mol. The standard InChI is InChI=1S/C19H21ClN2O5S/c1-19(2)16(11-4-7-13(8-5-11)28(25,26)22-24)17(19)18(23)21-14-10-12(20)6-9-15(14)27-3/h4-10,16-17,22,24H,1-3H3,(H,21,23). The lowest BCUT2D eigenvalue weighted by atomic mass is 10.0. The number of benzene rings is 2. The molecule has 150 valence electrons. The van der Waals surface area contributed by atoms with Crippen molar-refractivity contribution in [2.45, 2.75) is 24.7 Å². The molecule has 1 fully saturated rings. The Morgan fingerprint density at radius 2 is 1.82 bits per heavy atom. The van der Waals surface area contributed by atoms with Crippen LogP contribution in [0.2, 0.25) is 5.02 Å². The number of nitrogens with one attached hydrogen (secondary N) is 2. The van der Waals surface area contributed by atoms with Gasteiger partial charge in [0.2, 0.25) is 5.91 Å². The summed E-state index contributed by atoms with van der Waals surface area (Å²) >= 11 is 6.02. The van der Waals surface area contributed by atoms with E-state index < -0.39 is 10.0 Å². The molecule has 0 radical (unpaired) electrons. The van der Waals surface area contributed by atoms with Crippen LogP contribution in [0.4, 0.5) is 5.69 Å². The van der Waals surface area contributed by atoms with Gasteiger partial charge in [0.15, 0.2) is 0 Å². The fourth-order valence-corrected chi connectivity index (χ4v) is 4.42. The van der Waals surface area contributed by atoms with E-state index in [0.29, 0.717) is 16.5 Å². The first kappa shape index (κ1) is 20.6. The van der Waals surface area contributed by atoms with Crippen molar-refractivity contribution in [3.8, 4) is 5.75 Å². The molecule has 2 unspecified atom stereocenters. The van der Waals surface area contributed by atoms with Crippen LogP contribution in [0.3, 0.4) is 0 Å². The van der Waals surface area contributed by atoms with Crippen LogP contribution in [0, 0.1) is 11.3 Å². The number of halogens is 1. The van der Waals surface area contributed by atoms with Crippen LogP contribution in [0.1, 0.15) is 25.3 Å². The zero-order valence-corrected chi connectivity index (χ0v) is 17.1. The molecule has 28 heavy (non-hydrogen) atoms. The number of hydrogen-bond donors (Lipinski definition) is 3. The minimum absolute atomic E-state index is 0.0538. The van der Waals surface area contributed by atoms with Crippen LogP contribution < -0.4 is 14.9 Å². The van der Waals surface area contributed by atoms with Gasteiger partial charge in [-0.05, 0) is 41.3 Å². The van der Waals surface area contributed by atoms with Crippen molar-refractivity contribution in [2.75, 3.05) is 12.4 Å². The maximum absolute atomic E-state index is 12.9. The summed E-state index contributed by atoms with van der Waals surface area (Å²) in [6.07, 6.45) is 0. The van der Waals surface area contributed by atoms with Crippen molar-refractivity contribution in [3.63, 3.8) is 0 Å². The lowest BCUT2D eigenvalue weighted by Crippen LogP contribution is -2.19. The van der Waals surface area contributed by atoms with E-state index in [0.717, 1.165) is 5.56 Å². The molecule has 1 amide bonds. The summed E-state index contributed by atoms with van der Waals surface area (Å²) in [6, 6.07) is 11.1. The molecule has 0 aliphatic heterocycles. The number of anilines is 1. The summed E-state index contributed by atoms with van der Waals surface area (Å²) in [5.74, 6) is -0.0192. The van der Waals surface area contributed by atoms with Crippen LogP contribution >= 0.6 is 11.6 Å². The summed E-state index contributed by atoms with van der Waals surface area (Å²) in [4.78, 5) is 14.1. The second kappa shape index (κ2) is 7.36. The van der Waals surface area contributed by atoms with Gasteiger partial charge in [0.05, 0.1) is 23.6 Å². The Morgan fingerprint density at radius 3 is 2.39 bits per heavy atom. The molecular formula is C19H21ClN2O5S. The highest BCUT2D eigenvalue weighted by Crippen LogP contribution is 2.64. The Bertz CT molecular complexity index is 1010. The van der Waals surface area contributed by atoms with Gasteiger partial charge >= 0.3 is 0 Å². The molecule has 1 saturated carbocycles. The SMILES string of the molecule is COc1ccc(Cl)cc1NC(=O)C1C(c2ccc(S(=O)(=O)NO)cc2)C1(C)C. The Labute approximate surface area is 168 Å². The number of rotatable bonds is 6. The van der Waals surface area contributed by atoms with Crippen molar-refractivity contribution in [3.05, 3.63) is 53.1 Å².